The van der Waals surface area contributed by atoms with Crippen LogP contribution in [0.25, 0.3) is 0 Å². The Bertz CT molecular complexity index is 449. The molecule has 0 aliphatic carbocycles. The van der Waals surface area contributed by atoms with Crippen LogP contribution in [0.2, 0.25) is 0 Å². The molecule has 0 spiro atoms. The van der Waals surface area contributed by atoms with Crippen LogP contribution in [0.15, 0.2) is 18.5 Å². The van der Waals surface area contributed by atoms with E-state index in [1.165, 1.54) is 0 Å². The van der Waals surface area contributed by atoms with Gasteiger partial charge in [-0.2, -0.15) is 0 Å². The van der Waals surface area contributed by atoms with Crippen molar-refractivity contribution in [2.75, 3.05) is 6.54 Å². The van der Waals surface area contributed by atoms with Crippen molar-refractivity contribution in [2.45, 2.75) is 17.2 Å². The lowest BCUT2D eigenvalue weighted by Crippen LogP contribution is -2.37. The summed E-state index contributed by atoms with van der Waals surface area (Å²) in [4.78, 5) is 0. The van der Waals surface area contributed by atoms with Gasteiger partial charge in [0.15, 0.2) is 0 Å². The van der Waals surface area contributed by atoms with Crippen LogP contribution < -0.4 is 10.5 Å². The van der Waals surface area contributed by atoms with Gasteiger partial charge in [-0.3, -0.25) is 0 Å². The van der Waals surface area contributed by atoms with Crippen molar-refractivity contribution >= 4 is 65.6 Å². The van der Waals surface area contributed by atoms with E-state index in [4.69, 9.17) is 5.73 Å². The van der Waals surface area contributed by atoms with E-state index in [-0.39, 0.29) is 29.2 Å². The van der Waals surface area contributed by atoms with E-state index in [2.05, 4.69) is 36.6 Å². The van der Waals surface area contributed by atoms with Crippen molar-refractivity contribution in [3.63, 3.8) is 0 Å². The highest BCUT2D eigenvalue weighted by atomic mass is 79.9. The lowest BCUT2D eigenvalue weighted by molar-refractivity contribution is 0.564. The molecule has 16 heavy (non-hydrogen) atoms. The standard InChI is InChI=1S/C7H10Br2N2O2S2.ClH/c1-4(2-10)11-15(12,13)7-6(9)5(8)3-14-7;/h3-4,11H,2,10H2,1H3;1H/t4-;/m1./s1. The molecule has 0 radical (unpaired) electrons. The first-order chi connectivity index (χ1) is 6.88. The van der Waals surface area contributed by atoms with Gasteiger partial charge in [0.1, 0.15) is 4.21 Å². The molecular weight excluding hydrogens is 403 g/mol. The van der Waals surface area contributed by atoms with Crippen LogP contribution in [0.4, 0.5) is 0 Å². The van der Waals surface area contributed by atoms with Crippen LogP contribution in [0, 0.1) is 0 Å². The van der Waals surface area contributed by atoms with Crippen LogP contribution in [-0.2, 0) is 10.0 Å². The molecule has 0 bridgehead atoms. The van der Waals surface area contributed by atoms with Gasteiger partial charge in [0.05, 0.1) is 4.47 Å². The molecule has 0 fully saturated rings. The first kappa shape index (κ1) is 16.8. The Morgan fingerprint density at radius 2 is 2.12 bits per heavy atom. The zero-order valence-electron chi connectivity index (χ0n) is 8.24. The minimum Gasteiger partial charge on any atom is -0.329 e. The molecule has 9 heteroatoms. The van der Waals surface area contributed by atoms with Crippen LogP contribution in [0.1, 0.15) is 6.92 Å². The Balaban J connectivity index is 0.00000225. The second-order valence-corrected chi connectivity index (χ2v) is 7.38. The summed E-state index contributed by atoms with van der Waals surface area (Å²) < 4.78 is 27.7. The van der Waals surface area contributed by atoms with Gasteiger partial charge < -0.3 is 5.73 Å². The van der Waals surface area contributed by atoms with Gasteiger partial charge >= 0.3 is 0 Å². The fourth-order valence-corrected chi connectivity index (χ4v) is 5.20. The molecule has 4 nitrogen and oxygen atoms in total. The fourth-order valence-electron chi connectivity index (χ4n) is 0.854. The second-order valence-electron chi connectivity index (χ2n) is 2.94. The molecular formula is C7H11Br2ClN2O2S2. The molecule has 0 aliphatic rings. The van der Waals surface area contributed by atoms with Gasteiger partial charge in [-0.25, -0.2) is 13.1 Å². The number of halogens is 3. The highest BCUT2D eigenvalue weighted by Gasteiger charge is 2.22. The summed E-state index contributed by atoms with van der Waals surface area (Å²) in [5.74, 6) is 0. The van der Waals surface area contributed by atoms with Gasteiger partial charge in [0, 0.05) is 22.4 Å². The van der Waals surface area contributed by atoms with Crippen molar-refractivity contribution < 1.29 is 8.42 Å². The maximum absolute atomic E-state index is 11.8. The average Bonchev–Trinajstić information content (AvgIpc) is 2.47. The summed E-state index contributed by atoms with van der Waals surface area (Å²) in [6.45, 7) is 1.98. The van der Waals surface area contributed by atoms with E-state index < -0.39 is 10.0 Å². The minimum absolute atomic E-state index is 0. The van der Waals surface area contributed by atoms with E-state index in [1.54, 1.807) is 12.3 Å². The molecule has 1 atom stereocenters. The van der Waals surface area contributed by atoms with Crippen molar-refractivity contribution in [3.05, 3.63) is 14.3 Å². The Morgan fingerprint density at radius 1 is 1.56 bits per heavy atom. The number of hydrogen-bond acceptors (Lipinski definition) is 4. The van der Waals surface area contributed by atoms with Crippen LogP contribution in [0.5, 0.6) is 0 Å². The molecule has 0 unspecified atom stereocenters. The van der Waals surface area contributed by atoms with Crippen LogP contribution in [-0.4, -0.2) is 21.0 Å². The summed E-state index contributed by atoms with van der Waals surface area (Å²) in [7, 11) is -3.47. The summed E-state index contributed by atoms with van der Waals surface area (Å²) in [5.41, 5.74) is 5.36. The Hall–Kier alpha value is 0.820. The third kappa shape index (κ3) is 3.94. The molecule has 94 valence electrons. The quantitative estimate of drug-likeness (QED) is 0.794. The zero-order chi connectivity index (χ0) is 11.6. The molecule has 0 amide bonds. The molecule has 0 saturated carbocycles. The number of rotatable bonds is 4. The summed E-state index contributed by atoms with van der Waals surface area (Å²) in [6.07, 6.45) is 0. The fraction of sp³-hybridized carbons (Fsp3) is 0.429. The smallest absolute Gasteiger partial charge is 0.251 e. The molecule has 0 saturated heterocycles. The van der Waals surface area contributed by atoms with Gasteiger partial charge in [-0.15, -0.1) is 23.7 Å². The summed E-state index contributed by atoms with van der Waals surface area (Å²) in [6, 6.07) is -0.275. The Kier molecular flexibility index (Phi) is 7.01. The third-order valence-corrected chi connectivity index (χ3v) is 7.55. The summed E-state index contributed by atoms with van der Waals surface area (Å²) in [5, 5.41) is 1.71. The van der Waals surface area contributed by atoms with Crippen molar-refractivity contribution in [1.29, 1.82) is 0 Å². The second kappa shape index (κ2) is 6.67. The monoisotopic (exact) mass is 412 g/mol. The normalized spacial score (nSPS) is 13.2. The predicted octanol–water partition coefficient (Wildman–Crippen LogP) is 2.32. The topological polar surface area (TPSA) is 72.2 Å². The molecule has 0 aliphatic heterocycles. The van der Waals surface area contributed by atoms with Gasteiger partial charge in [-0.1, -0.05) is 0 Å². The van der Waals surface area contributed by atoms with E-state index >= 15 is 0 Å². The molecule has 1 aromatic rings. The predicted molar refractivity (Wildman–Crippen MR) is 75.8 cm³/mol. The number of nitrogens with two attached hydrogens (primary N) is 1. The van der Waals surface area contributed by atoms with Crippen LogP contribution in [0.3, 0.4) is 0 Å². The number of thiophene rings is 1. The van der Waals surface area contributed by atoms with E-state index in [1.807, 2.05) is 0 Å². The first-order valence-electron chi connectivity index (χ1n) is 4.03. The highest BCUT2D eigenvalue weighted by Crippen LogP contribution is 2.35. The molecule has 1 aromatic heterocycles. The lowest BCUT2D eigenvalue weighted by Gasteiger charge is -2.10. The van der Waals surface area contributed by atoms with E-state index in [0.717, 1.165) is 15.8 Å². The minimum atomic E-state index is -3.47. The molecule has 1 heterocycles. The van der Waals surface area contributed by atoms with Crippen LogP contribution >= 0.6 is 55.6 Å². The number of hydrogen-bond donors (Lipinski definition) is 2. The number of sulfonamides is 1. The maximum Gasteiger partial charge on any atom is 0.251 e. The van der Waals surface area contributed by atoms with Gasteiger partial charge in [-0.05, 0) is 38.8 Å². The Morgan fingerprint density at radius 3 is 2.50 bits per heavy atom. The summed E-state index contributed by atoms with van der Waals surface area (Å²) >= 11 is 7.60. The molecule has 0 aromatic carbocycles. The molecule has 3 N–H and O–H groups in total. The van der Waals surface area contributed by atoms with Crippen molar-refractivity contribution in [2.24, 2.45) is 5.73 Å². The van der Waals surface area contributed by atoms with Crippen molar-refractivity contribution in [3.8, 4) is 0 Å². The highest BCUT2D eigenvalue weighted by molar-refractivity contribution is 9.13. The maximum atomic E-state index is 11.8. The van der Waals surface area contributed by atoms with E-state index in [9.17, 15) is 8.42 Å². The first-order valence-corrected chi connectivity index (χ1v) is 7.98. The average molecular weight is 415 g/mol. The largest absolute Gasteiger partial charge is 0.329 e. The van der Waals surface area contributed by atoms with Crippen molar-refractivity contribution in [1.82, 2.24) is 4.72 Å². The van der Waals surface area contributed by atoms with E-state index in [0.29, 0.717) is 4.47 Å². The lowest BCUT2D eigenvalue weighted by atomic mass is 10.4. The van der Waals surface area contributed by atoms with Gasteiger partial charge in [0.2, 0.25) is 0 Å². The molecule has 1 rings (SSSR count). The SMILES string of the molecule is C[C@H](CN)NS(=O)(=O)c1scc(Br)c1Br.Cl. The number of nitrogens with one attached hydrogen (secondary N) is 1. The van der Waals surface area contributed by atoms with Gasteiger partial charge in [0.25, 0.3) is 10.0 Å². The third-order valence-electron chi connectivity index (χ3n) is 1.61. The Labute approximate surface area is 122 Å². The zero-order valence-corrected chi connectivity index (χ0v) is 13.9.